The van der Waals surface area contributed by atoms with Crippen molar-refractivity contribution in [2.24, 2.45) is 0 Å². The van der Waals surface area contributed by atoms with Crippen LogP contribution >= 0.6 is 11.6 Å². The van der Waals surface area contributed by atoms with Crippen LogP contribution in [-0.4, -0.2) is 22.7 Å². The van der Waals surface area contributed by atoms with Crippen molar-refractivity contribution in [2.75, 3.05) is 12.5 Å². The van der Waals surface area contributed by atoms with Crippen LogP contribution in [0.1, 0.15) is 34.9 Å². The fourth-order valence-corrected chi connectivity index (χ4v) is 3.04. The normalized spacial score (nSPS) is 13.6. The number of fused-ring (bicyclic) bond motifs is 1. The van der Waals surface area contributed by atoms with Gasteiger partial charge in [0.05, 0.1) is 28.6 Å². The molecule has 2 aromatic carbocycles. The summed E-state index contributed by atoms with van der Waals surface area (Å²) in [5.74, 6) is 0.760. The van der Waals surface area contributed by atoms with Crippen molar-refractivity contribution in [3.63, 3.8) is 0 Å². The summed E-state index contributed by atoms with van der Waals surface area (Å²) in [5, 5.41) is 0.729. The lowest BCUT2D eigenvalue weighted by Gasteiger charge is -2.15. The third-order valence-corrected chi connectivity index (χ3v) is 4.71. The van der Waals surface area contributed by atoms with Crippen LogP contribution in [0.15, 0.2) is 47.3 Å². The summed E-state index contributed by atoms with van der Waals surface area (Å²) in [7, 11) is 1.51. The Morgan fingerprint density at radius 1 is 1.27 bits per heavy atom. The Morgan fingerprint density at radius 2 is 2.04 bits per heavy atom. The molecule has 4 rings (SSSR count). The van der Waals surface area contributed by atoms with E-state index in [1.807, 2.05) is 6.07 Å². The molecular formula is C19H16ClN3O3. The molecule has 26 heavy (non-hydrogen) atoms. The number of amides is 1. The zero-order chi connectivity index (χ0) is 18.3. The first-order valence-electron chi connectivity index (χ1n) is 8.25. The SMILES string of the molecule is COc1ccc(Cl)c(C(=O)Nn2c(C3CC3)nc3ccccc3c2=O)c1. The predicted octanol–water partition coefficient (Wildman–Crippen LogP) is 3.32. The molecule has 1 aromatic heterocycles. The average molecular weight is 370 g/mol. The number of carbonyl (C=O) groups excluding carboxylic acids is 1. The zero-order valence-electron chi connectivity index (χ0n) is 14.0. The van der Waals surface area contributed by atoms with Crippen LogP contribution in [0.25, 0.3) is 10.9 Å². The summed E-state index contributed by atoms with van der Waals surface area (Å²) in [4.78, 5) is 30.2. The Balaban J connectivity index is 1.79. The predicted molar refractivity (Wildman–Crippen MR) is 99.7 cm³/mol. The summed E-state index contributed by atoms with van der Waals surface area (Å²) in [5.41, 5.74) is 3.22. The maximum Gasteiger partial charge on any atom is 0.280 e. The highest BCUT2D eigenvalue weighted by Gasteiger charge is 2.30. The van der Waals surface area contributed by atoms with Crippen LogP contribution in [-0.2, 0) is 0 Å². The molecule has 3 aromatic rings. The van der Waals surface area contributed by atoms with E-state index in [4.69, 9.17) is 16.3 Å². The van der Waals surface area contributed by atoms with E-state index in [-0.39, 0.29) is 22.1 Å². The third-order valence-electron chi connectivity index (χ3n) is 4.38. The van der Waals surface area contributed by atoms with Gasteiger partial charge in [0.2, 0.25) is 0 Å². The second-order valence-electron chi connectivity index (χ2n) is 6.19. The van der Waals surface area contributed by atoms with Gasteiger partial charge in [0, 0.05) is 5.92 Å². The third kappa shape index (κ3) is 2.93. The maximum absolute atomic E-state index is 12.9. The monoisotopic (exact) mass is 369 g/mol. The number of ether oxygens (including phenoxy) is 1. The molecule has 0 aliphatic heterocycles. The van der Waals surface area contributed by atoms with Gasteiger partial charge in [-0.3, -0.25) is 15.0 Å². The van der Waals surface area contributed by atoms with Crippen molar-refractivity contribution in [3.8, 4) is 5.75 Å². The number of nitrogens with one attached hydrogen (secondary N) is 1. The fraction of sp³-hybridized carbons (Fsp3) is 0.211. The van der Waals surface area contributed by atoms with Gasteiger partial charge in [0.25, 0.3) is 11.5 Å². The number of methoxy groups -OCH3 is 1. The molecule has 1 aliphatic rings. The van der Waals surface area contributed by atoms with E-state index in [1.165, 1.54) is 17.9 Å². The first kappa shape index (κ1) is 16.6. The van der Waals surface area contributed by atoms with Crippen molar-refractivity contribution >= 4 is 28.4 Å². The Labute approximate surface area is 154 Å². The van der Waals surface area contributed by atoms with Crippen molar-refractivity contribution in [1.82, 2.24) is 9.66 Å². The van der Waals surface area contributed by atoms with E-state index < -0.39 is 5.91 Å². The van der Waals surface area contributed by atoms with Gasteiger partial charge in [-0.15, -0.1) is 0 Å². The number of nitrogens with zero attached hydrogens (tertiary/aromatic N) is 2. The van der Waals surface area contributed by atoms with Gasteiger partial charge in [-0.2, -0.15) is 0 Å². The average Bonchev–Trinajstić information content (AvgIpc) is 3.49. The van der Waals surface area contributed by atoms with Crippen LogP contribution in [0.4, 0.5) is 0 Å². The Morgan fingerprint density at radius 3 is 2.77 bits per heavy atom. The highest BCUT2D eigenvalue weighted by molar-refractivity contribution is 6.34. The lowest BCUT2D eigenvalue weighted by Crippen LogP contribution is -2.36. The summed E-state index contributed by atoms with van der Waals surface area (Å²) in [6, 6.07) is 11.9. The molecule has 0 radical (unpaired) electrons. The van der Waals surface area contributed by atoms with Crippen LogP contribution < -0.4 is 15.7 Å². The maximum atomic E-state index is 12.9. The van der Waals surface area contributed by atoms with Crippen LogP contribution in [0.5, 0.6) is 5.75 Å². The molecule has 0 atom stereocenters. The number of halogens is 1. The second kappa shape index (κ2) is 6.46. The molecule has 1 heterocycles. The lowest BCUT2D eigenvalue weighted by molar-refractivity contribution is 0.101. The minimum Gasteiger partial charge on any atom is -0.497 e. The van der Waals surface area contributed by atoms with Gasteiger partial charge in [0.1, 0.15) is 11.6 Å². The summed E-state index contributed by atoms with van der Waals surface area (Å²) in [6.45, 7) is 0. The molecule has 1 saturated carbocycles. The van der Waals surface area contributed by atoms with Crippen LogP contribution in [0.3, 0.4) is 0 Å². The van der Waals surface area contributed by atoms with Crippen molar-refractivity contribution in [1.29, 1.82) is 0 Å². The Bertz CT molecular complexity index is 1070. The van der Waals surface area contributed by atoms with Crippen molar-refractivity contribution < 1.29 is 9.53 Å². The molecule has 6 nitrogen and oxygen atoms in total. The van der Waals surface area contributed by atoms with E-state index in [9.17, 15) is 9.59 Å². The van der Waals surface area contributed by atoms with Crippen LogP contribution in [0, 0.1) is 0 Å². The smallest absolute Gasteiger partial charge is 0.280 e. The van der Waals surface area contributed by atoms with E-state index >= 15 is 0 Å². The largest absolute Gasteiger partial charge is 0.497 e. The molecule has 0 unspecified atom stereocenters. The standard InChI is InChI=1S/C19H16ClN3O3/c1-26-12-8-9-15(20)14(10-12)18(24)22-23-17(11-6-7-11)21-16-5-3-2-4-13(16)19(23)25/h2-5,8-11H,6-7H2,1H3,(H,22,24). The molecule has 7 heteroatoms. The van der Waals surface area contributed by atoms with Gasteiger partial charge >= 0.3 is 0 Å². The molecule has 132 valence electrons. The highest BCUT2D eigenvalue weighted by Crippen LogP contribution is 2.38. The van der Waals surface area contributed by atoms with Gasteiger partial charge < -0.3 is 4.74 Å². The summed E-state index contributed by atoms with van der Waals surface area (Å²) < 4.78 is 6.39. The van der Waals surface area contributed by atoms with Gasteiger partial charge in [-0.1, -0.05) is 23.7 Å². The minimum absolute atomic E-state index is 0.174. The Kier molecular flexibility index (Phi) is 4.12. The Hall–Kier alpha value is -2.86. The van der Waals surface area contributed by atoms with E-state index in [0.29, 0.717) is 22.5 Å². The van der Waals surface area contributed by atoms with Crippen molar-refractivity contribution in [2.45, 2.75) is 18.8 Å². The topological polar surface area (TPSA) is 73.2 Å². The molecule has 1 fully saturated rings. The van der Waals surface area contributed by atoms with Gasteiger partial charge in [-0.05, 0) is 43.2 Å². The fourth-order valence-electron chi connectivity index (χ4n) is 2.84. The first-order valence-corrected chi connectivity index (χ1v) is 8.63. The van der Waals surface area contributed by atoms with Crippen LogP contribution in [0.2, 0.25) is 5.02 Å². The van der Waals surface area contributed by atoms with E-state index in [0.717, 1.165) is 12.8 Å². The number of carbonyl (C=O) groups is 1. The lowest BCUT2D eigenvalue weighted by atomic mass is 10.2. The molecule has 1 N–H and O–H groups in total. The van der Waals surface area contributed by atoms with E-state index in [2.05, 4.69) is 10.4 Å². The molecular weight excluding hydrogens is 354 g/mol. The minimum atomic E-state index is -0.491. The van der Waals surface area contributed by atoms with E-state index in [1.54, 1.807) is 30.3 Å². The van der Waals surface area contributed by atoms with Gasteiger partial charge in [0.15, 0.2) is 0 Å². The number of hydrogen-bond donors (Lipinski definition) is 1. The number of hydrogen-bond acceptors (Lipinski definition) is 4. The molecule has 0 saturated heterocycles. The zero-order valence-corrected chi connectivity index (χ0v) is 14.8. The molecule has 1 aliphatic carbocycles. The number of para-hydroxylation sites is 1. The first-order chi connectivity index (χ1) is 12.6. The number of rotatable bonds is 4. The van der Waals surface area contributed by atoms with Gasteiger partial charge in [-0.25, -0.2) is 9.66 Å². The summed E-state index contributed by atoms with van der Waals surface area (Å²) >= 11 is 6.14. The quantitative estimate of drug-likeness (QED) is 0.765. The second-order valence-corrected chi connectivity index (χ2v) is 6.60. The molecule has 1 amide bonds. The number of benzene rings is 2. The van der Waals surface area contributed by atoms with Crippen molar-refractivity contribution in [3.05, 3.63) is 69.2 Å². The molecule has 0 bridgehead atoms. The summed E-state index contributed by atoms with van der Waals surface area (Å²) in [6.07, 6.45) is 1.89. The molecule has 0 spiro atoms. The highest BCUT2D eigenvalue weighted by atomic mass is 35.5. The number of aromatic nitrogens is 2.